The van der Waals surface area contributed by atoms with E-state index in [-0.39, 0.29) is 11.5 Å². The second-order valence-corrected chi connectivity index (χ2v) is 5.74. The lowest BCUT2D eigenvalue weighted by molar-refractivity contribution is -0.0656. The maximum atomic E-state index is 5.88. The van der Waals surface area contributed by atoms with Gasteiger partial charge in [0, 0.05) is 11.5 Å². The zero-order valence-electron chi connectivity index (χ0n) is 11.6. The molecule has 0 radical (unpaired) electrons. The number of rotatable bonds is 6. The summed E-state index contributed by atoms with van der Waals surface area (Å²) in [6, 6.07) is 9.39. The fraction of sp³-hybridized carbons (Fsp3) is 0.625. The summed E-state index contributed by atoms with van der Waals surface area (Å²) in [6.07, 6.45) is 4.58. The van der Waals surface area contributed by atoms with Crippen LogP contribution < -0.4 is 5.73 Å². The van der Waals surface area contributed by atoms with E-state index in [0.29, 0.717) is 0 Å². The van der Waals surface area contributed by atoms with Gasteiger partial charge >= 0.3 is 0 Å². The Morgan fingerprint density at radius 2 is 1.94 bits per heavy atom. The summed E-state index contributed by atoms with van der Waals surface area (Å²) in [4.78, 5) is 0. The first kappa shape index (κ1) is 13.6. The average Bonchev–Trinajstić information content (AvgIpc) is 2.30. The molecule has 1 saturated heterocycles. The molecule has 1 fully saturated rings. The van der Waals surface area contributed by atoms with E-state index in [4.69, 9.17) is 10.5 Å². The second kappa shape index (κ2) is 5.85. The van der Waals surface area contributed by atoms with Crippen LogP contribution in [0.3, 0.4) is 0 Å². The Morgan fingerprint density at radius 3 is 2.39 bits per heavy atom. The molecule has 2 N–H and O–H groups in total. The maximum absolute atomic E-state index is 5.88. The van der Waals surface area contributed by atoms with Crippen LogP contribution in [0.5, 0.6) is 0 Å². The molecular weight excluding hydrogens is 222 g/mol. The predicted molar refractivity (Wildman–Crippen MR) is 75.8 cm³/mol. The van der Waals surface area contributed by atoms with Crippen LogP contribution in [0.1, 0.15) is 44.2 Å². The van der Waals surface area contributed by atoms with Crippen molar-refractivity contribution in [3.8, 4) is 0 Å². The Labute approximate surface area is 111 Å². The van der Waals surface area contributed by atoms with E-state index >= 15 is 0 Å². The van der Waals surface area contributed by atoms with Crippen molar-refractivity contribution in [3.63, 3.8) is 0 Å². The van der Waals surface area contributed by atoms with Gasteiger partial charge in [0.1, 0.15) is 0 Å². The smallest absolute Gasteiger partial charge is 0.0585 e. The topological polar surface area (TPSA) is 35.2 Å². The van der Waals surface area contributed by atoms with Crippen molar-refractivity contribution in [1.82, 2.24) is 0 Å². The Kier molecular flexibility index (Phi) is 4.41. The van der Waals surface area contributed by atoms with Crippen molar-refractivity contribution in [1.29, 1.82) is 0 Å². The number of hydrogen-bond acceptors (Lipinski definition) is 2. The van der Waals surface area contributed by atoms with Crippen LogP contribution in [0.4, 0.5) is 0 Å². The number of benzene rings is 1. The van der Waals surface area contributed by atoms with E-state index in [1.165, 1.54) is 24.0 Å². The van der Waals surface area contributed by atoms with Crippen LogP contribution in [0.2, 0.25) is 0 Å². The first-order valence-corrected chi connectivity index (χ1v) is 7.09. The minimum atomic E-state index is 0.234. The third-order valence-electron chi connectivity index (χ3n) is 3.94. The molecule has 0 bridgehead atoms. The summed E-state index contributed by atoms with van der Waals surface area (Å²) >= 11 is 0. The van der Waals surface area contributed by atoms with Crippen LogP contribution in [-0.4, -0.2) is 19.3 Å². The van der Waals surface area contributed by atoms with E-state index in [0.717, 1.165) is 26.1 Å². The van der Waals surface area contributed by atoms with E-state index in [9.17, 15) is 0 Å². The second-order valence-electron chi connectivity index (χ2n) is 5.74. The first-order chi connectivity index (χ1) is 8.66. The number of ether oxygens (including phenoxy) is 1. The molecular formula is C16H25NO. The van der Waals surface area contributed by atoms with Crippen LogP contribution in [0, 0.1) is 0 Å². The van der Waals surface area contributed by atoms with Gasteiger partial charge < -0.3 is 10.5 Å². The van der Waals surface area contributed by atoms with Crippen molar-refractivity contribution in [2.75, 3.05) is 13.2 Å². The summed E-state index contributed by atoms with van der Waals surface area (Å²) in [6.45, 7) is 6.01. The Bertz CT molecular complexity index is 365. The van der Waals surface area contributed by atoms with E-state index < -0.39 is 0 Å². The SMILES string of the molecule is CCCc1ccc(C2(CCC(C)N)COC2)cc1. The van der Waals surface area contributed by atoms with E-state index in [1.54, 1.807) is 0 Å². The normalized spacial score (nSPS) is 19.3. The minimum Gasteiger partial charge on any atom is -0.379 e. The van der Waals surface area contributed by atoms with E-state index in [1.807, 2.05) is 0 Å². The van der Waals surface area contributed by atoms with Gasteiger partial charge in [0.2, 0.25) is 0 Å². The first-order valence-electron chi connectivity index (χ1n) is 7.09. The molecule has 1 heterocycles. The molecule has 18 heavy (non-hydrogen) atoms. The van der Waals surface area contributed by atoms with Gasteiger partial charge in [-0.05, 0) is 37.3 Å². The van der Waals surface area contributed by atoms with Gasteiger partial charge in [-0.1, -0.05) is 37.6 Å². The molecule has 2 rings (SSSR count). The molecule has 2 nitrogen and oxygen atoms in total. The lowest BCUT2D eigenvalue weighted by Crippen LogP contribution is -2.47. The van der Waals surface area contributed by atoms with Gasteiger partial charge in [-0.2, -0.15) is 0 Å². The third kappa shape index (κ3) is 2.93. The lowest BCUT2D eigenvalue weighted by Gasteiger charge is -2.42. The van der Waals surface area contributed by atoms with Crippen molar-refractivity contribution < 1.29 is 4.74 Å². The highest BCUT2D eigenvalue weighted by molar-refractivity contribution is 5.31. The van der Waals surface area contributed by atoms with Crippen LogP contribution in [-0.2, 0) is 16.6 Å². The van der Waals surface area contributed by atoms with Crippen molar-refractivity contribution in [2.24, 2.45) is 5.73 Å². The highest BCUT2D eigenvalue weighted by Crippen LogP contribution is 2.37. The molecule has 1 aliphatic heterocycles. The third-order valence-corrected chi connectivity index (χ3v) is 3.94. The van der Waals surface area contributed by atoms with Gasteiger partial charge in [0.05, 0.1) is 13.2 Å². The molecule has 0 saturated carbocycles. The van der Waals surface area contributed by atoms with Gasteiger partial charge in [-0.25, -0.2) is 0 Å². The van der Waals surface area contributed by atoms with Crippen LogP contribution in [0.25, 0.3) is 0 Å². The summed E-state index contributed by atoms with van der Waals surface area (Å²) in [7, 11) is 0. The molecule has 0 aliphatic carbocycles. The highest BCUT2D eigenvalue weighted by Gasteiger charge is 2.39. The molecule has 1 aliphatic rings. The number of nitrogens with two attached hydrogens (primary N) is 1. The predicted octanol–water partition coefficient (Wildman–Crippen LogP) is 3.03. The zero-order chi connectivity index (χ0) is 13.0. The highest BCUT2D eigenvalue weighted by atomic mass is 16.5. The summed E-state index contributed by atoms with van der Waals surface area (Å²) < 4.78 is 5.46. The van der Waals surface area contributed by atoms with Gasteiger partial charge in [0.25, 0.3) is 0 Å². The molecule has 0 amide bonds. The number of aryl methyl sites for hydroxylation is 1. The molecule has 1 atom stereocenters. The fourth-order valence-electron chi connectivity index (χ4n) is 2.62. The zero-order valence-corrected chi connectivity index (χ0v) is 11.6. The summed E-state index contributed by atoms with van der Waals surface area (Å²) in [5.74, 6) is 0. The van der Waals surface area contributed by atoms with Gasteiger partial charge in [0.15, 0.2) is 0 Å². The quantitative estimate of drug-likeness (QED) is 0.838. The van der Waals surface area contributed by atoms with Crippen LogP contribution in [0.15, 0.2) is 24.3 Å². The summed E-state index contributed by atoms with van der Waals surface area (Å²) in [5.41, 5.74) is 8.97. The van der Waals surface area contributed by atoms with Gasteiger partial charge in [-0.15, -0.1) is 0 Å². The molecule has 1 aromatic carbocycles. The van der Waals surface area contributed by atoms with Gasteiger partial charge in [-0.3, -0.25) is 0 Å². The maximum Gasteiger partial charge on any atom is 0.0585 e. The summed E-state index contributed by atoms with van der Waals surface area (Å²) in [5, 5.41) is 0. The van der Waals surface area contributed by atoms with Crippen molar-refractivity contribution in [2.45, 2.75) is 51.0 Å². The van der Waals surface area contributed by atoms with Crippen molar-refractivity contribution in [3.05, 3.63) is 35.4 Å². The monoisotopic (exact) mass is 247 g/mol. The van der Waals surface area contributed by atoms with Crippen molar-refractivity contribution >= 4 is 0 Å². The van der Waals surface area contributed by atoms with Crippen LogP contribution >= 0.6 is 0 Å². The minimum absolute atomic E-state index is 0.234. The molecule has 2 heteroatoms. The molecule has 1 unspecified atom stereocenters. The molecule has 1 aromatic rings. The Hall–Kier alpha value is -0.860. The lowest BCUT2D eigenvalue weighted by atomic mass is 9.74. The van der Waals surface area contributed by atoms with E-state index in [2.05, 4.69) is 38.1 Å². The molecule has 0 aromatic heterocycles. The Morgan fingerprint density at radius 1 is 1.28 bits per heavy atom. The molecule has 0 spiro atoms. The molecule has 100 valence electrons. The standard InChI is InChI=1S/C16H25NO/c1-3-4-14-5-7-15(8-6-14)16(11-18-12-16)10-9-13(2)17/h5-8,13H,3-4,9-12,17H2,1-2H3. The average molecular weight is 247 g/mol. The number of hydrogen-bond donors (Lipinski definition) is 1. The Balaban J connectivity index is 2.07. The largest absolute Gasteiger partial charge is 0.379 e. The fourth-order valence-corrected chi connectivity index (χ4v) is 2.62.